The second-order valence-corrected chi connectivity index (χ2v) is 22.9. The summed E-state index contributed by atoms with van der Waals surface area (Å²) in [5, 5.41) is 1.33. The molecule has 292 valence electrons. The molecule has 4 aliphatic heterocycles. The van der Waals surface area contributed by atoms with E-state index < -0.39 is 0 Å². The van der Waals surface area contributed by atoms with Gasteiger partial charge in [0, 0.05) is 48.7 Å². The van der Waals surface area contributed by atoms with Crippen LogP contribution < -0.4 is 36.3 Å². The first kappa shape index (κ1) is 37.0. The van der Waals surface area contributed by atoms with Crippen LogP contribution in [0.2, 0.25) is 0 Å². The fourth-order valence-electron chi connectivity index (χ4n) is 10.6. The zero-order valence-corrected chi connectivity index (χ0v) is 37.7. The lowest BCUT2D eigenvalue weighted by molar-refractivity contribution is 0.590. The normalized spacial score (nSPS) is 15.0. The predicted octanol–water partition coefficient (Wildman–Crippen LogP) is 11.6. The highest BCUT2D eigenvalue weighted by Crippen LogP contribution is 2.53. The molecule has 2 nitrogen and oxygen atoms in total. The van der Waals surface area contributed by atoms with Gasteiger partial charge >= 0.3 is 6.85 Å². The Morgan fingerprint density at radius 2 is 1.00 bits per heavy atom. The van der Waals surface area contributed by atoms with E-state index in [9.17, 15) is 0 Å². The van der Waals surface area contributed by atoms with Gasteiger partial charge in [-0.15, -0.1) is 11.3 Å². The molecule has 0 fully saturated rings. The molecule has 0 atom stereocenters. The van der Waals surface area contributed by atoms with Crippen LogP contribution in [-0.2, 0) is 21.7 Å². The fourth-order valence-corrected chi connectivity index (χ4v) is 11.9. The number of fused-ring (bicyclic) bond motifs is 11. The second kappa shape index (κ2) is 11.8. The lowest BCUT2D eigenvalue weighted by Gasteiger charge is -2.51. The molecule has 0 radical (unpaired) electrons. The Kier molecular flexibility index (Phi) is 7.44. The molecule has 0 bridgehead atoms. The third-order valence-electron chi connectivity index (χ3n) is 13.9. The van der Waals surface area contributed by atoms with Crippen LogP contribution in [0.15, 0.2) is 109 Å². The van der Waals surface area contributed by atoms with Crippen LogP contribution in [0.3, 0.4) is 0 Å². The van der Waals surface area contributed by atoms with Crippen LogP contribution in [0, 0.1) is 0 Å². The van der Waals surface area contributed by atoms with E-state index in [-0.39, 0.29) is 35.2 Å². The van der Waals surface area contributed by atoms with E-state index in [4.69, 9.17) is 0 Å². The molecule has 6 aromatic carbocycles. The van der Waals surface area contributed by atoms with Crippen LogP contribution in [0.5, 0.6) is 0 Å². The van der Waals surface area contributed by atoms with Crippen LogP contribution in [0.25, 0.3) is 32.3 Å². The maximum absolute atomic E-state index is 2.82. The van der Waals surface area contributed by atoms with Crippen molar-refractivity contribution in [3.05, 3.63) is 131 Å². The zero-order chi connectivity index (χ0) is 41.3. The number of nitrogens with zero attached hydrogens (tertiary/aromatic N) is 2. The Bertz CT molecular complexity index is 2940. The summed E-state index contributed by atoms with van der Waals surface area (Å²) in [6.07, 6.45) is 0. The average molecular weight is 785 g/mol. The highest BCUT2D eigenvalue weighted by molar-refractivity contribution is 7.34. The third kappa shape index (κ3) is 5.19. The summed E-state index contributed by atoms with van der Waals surface area (Å²) in [5.41, 5.74) is 23.4. The van der Waals surface area contributed by atoms with Crippen molar-refractivity contribution in [2.24, 2.45) is 0 Å². The number of thiophene rings is 1. The molecule has 0 saturated heterocycles. The summed E-state index contributed by atoms with van der Waals surface area (Å²) < 4.78 is 2.79. The summed E-state index contributed by atoms with van der Waals surface area (Å²) in [5.74, 6) is 0. The van der Waals surface area contributed by atoms with Gasteiger partial charge in [-0.1, -0.05) is 162 Å². The van der Waals surface area contributed by atoms with E-state index in [1.54, 1.807) is 0 Å². The number of hydrogen-bond donors (Lipinski definition) is 0. The molecule has 0 amide bonds. The van der Waals surface area contributed by atoms with Crippen LogP contribution in [0.4, 0.5) is 28.4 Å². The first-order valence-electron chi connectivity index (χ1n) is 21.7. The van der Waals surface area contributed by atoms with E-state index in [0.717, 1.165) is 0 Å². The number of hydrogen-bond acceptors (Lipinski definition) is 3. The molecule has 4 aliphatic rings. The molecule has 0 spiro atoms. The highest BCUT2D eigenvalue weighted by Gasteiger charge is 2.53. The van der Waals surface area contributed by atoms with Gasteiger partial charge in [-0.05, 0) is 107 Å². The number of rotatable bonds is 1. The number of anilines is 5. The van der Waals surface area contributed by atoms with Crippen molar-refractivity contribution in [1.29, 1.82) is 0 Å². The van der Waals surface area contributed by atoms with Crippen LogP contribution >= 0.6 is 11.3 Å². The molecular formula is C54H54B2N2S. The Labute approximate surface area is 356 Å². The van der Waals surface area contributed by atoms with Crippen LogP contribution in [0.1, 0.15) is 105 Å². The molecule has 1 aromatic heterocycles. The van der Waals surface area contributed by atoms with Gasteiger partial charge < -0.3 is 9.71 Å². The second-order valence-electron chi connectivity index (χ2n) is 21.9. The summed E-state index contributed by atoms with van der Waals surface area (Å²) in [7, 11) is 0. The third-order valence-corrected chi connectivity index (χ3v) is 15.1. The van der Waals surface area contributed by atoms with Crippen molar-refractivity contribution in [2.75, 3.05) is 9.71 Å². The minimum absolute atomic E-state index is 0.0170. The first-order chi connectivity index (χ1) is 27.8. The summed E-state index contributed by atoms with van der Waals surface area (Å²) in [6.45, 7) is 28.4. The fraction of sp³-hybridized carbons (Fsp3) is 0.296. The standard InChI is InChI=1S/C54H54B2N2S/c1-51(2,3)31-17-21-35(22-18-31)57-44-26-25-38-36-23-19-32(52(4,5)6)28-41(36)56-42-29-33(53(7,8)9)20-24-37(42)40-27-34(54(10,11)12)30-43-47(40)58(56)48(38)46(44)55(43)50-49(57)39-15-13-14-16-45(39)59-50/h13-30H,1-12H3. The molecule has 0 unspecified atom stereocenters. The minimum atomic E-state index is -0.0343. The average Bonchev–Trinajstić information content (AvgIpc) is 3.56. The molecule has 0 N–H and O–H groups in total. The Morgan fingerprint density at radius 1 is 0.458 bits per heavy atom. The Hall–Kier alpha value is -4.99. The number of benzene rings is 6. The molecule has 11 rings (SSSR count). The maximum atomic E-state index is 2.82. The van der Waals surface area contributed by atoms with Crippen molar-refractivity contribution in [1.82, 2.24) is 0 Å². The Morgan fingerprint density at radius 3 is 1.61 bits per heavy atom. The van der Waals surface area contributed by atoms with Crippen molar-refractivity contribution in [3.8, 4) is 22.3 Å². The zero-order valence-electron chi connectivity index (χ0n) is 36.8. The topological polar surface area (TPSA) is 6.48 Å². The van der Waals surface area contributed by atoms with Gasteiger partial charge in [0.05, 0.1) is 5.69 Å². The van der Waals surface area contributed by atoms with Gasteiger partial charge in [0.2, 0.25) is 0 Å². The largest absolute Gasteiger partial charge is 0.377 e. The lowest BCUT2D eigenvalue weighted by Crippen LogP contribution is -2.69. The summed E-state index contributed by atoms with van der Waals surface area (Å²) >= 11 is 2.00. The molecule has 0 saturated carbocycles. The van der Waals surface area contributed by atoms with E-state index in [1.807, 2.05) is 11.3 Å². The molecule has 5 heteroatoms. The van der Waals surface area contributed by atoms with Crippen molar-refractivity contribution in [2.45, 2.75) is 105 Å². The van der Waals surface area contributed by atoms with Gasteiger partial charge in [-0.2, -0.15) is 0 Å². The van der Waals surface area contributed by atoms with Crippen molar-refractivity contribution < 1.29 is 0 Å². The SMILES string of the molecule is CC(C)(C)c1ccc(N2c3ccc4c5c3B(c3cc(C(C)(C)C)cc6c3N5B(c3cc(C(C)(C)C)ccc3-6)c3cc(C(C)(C)C)ccc3-4)c3sc4ccccc4c32)cc1. The van der Waals surface area contributed by atoms with Gasteiger partial charge in [0.25, 0.3) is 6.71 Å². The lowest BCUT2D eigenvalue weighted by atomic mass is 9.32. The Balaban J connectivity index is 1.31. The van der Waals surface area contributed by atoms with Gasteiger partial charge in [0.1, 0.15) is 0 Å². The maximum Gasteiger partial charge on any atom is 0.329 e. The molecule has 0 aliphatic carbocycles. The van der Waals surface area contributed by atoms with Crippen molar-refractivity contribution >= 4 is 90.0 Å². The smallest absolute Gasteiger partial charge is 0.329 e. The highest BCUT2D eigenvalue weighted by atomic mass is 32.1. The van der Waals surface area contributed by atoms with Crippen molar-refractivity contribution in [3.63, 3.8) is 0 Å². The summed E-state index contributed by atoms with van der Waals surface area (Å²) in [6, 6.07) is 43.5. The first-order valence-corrected chi connectivity index (χ1v) is 22.5. The minimum Gasteiger partial charge on any atom is -0.377 e. The molecule has 59 heavy (non-hydrogen) atoms. The molecule has 5 heterocycles. The van der Waals surface area contributed by atoms with Gasteiger partial charge in [-0.3, -0.25) is 0 Å². The van der Waals surface area contributed by atoms with Crippen LogP contribution in [-0.4, -0.2) is 13.6 Å². The molecular weight excluding hydrogens is 730 g/mol. The van der Waals surface area contributed by atoms with E-state index >= 15 is 0 Å². The monoisotopic (exact) mass is 784 g/mol. The van der Waals surface area contributed by atoms with Gasteiger partial charge in [-0.25, -0.2) is 0 Å². The molecule has 7 aromatic rings. The summed E-state index contributed by atoms with van der Waals surface area (Å²) in [4.78, 5) is 5.44. The quantitative estimate of drug-likeness (QED) is 0.153. The van der Waals surface area contributed by atoms with E-state index in [2.05, 4.69) is 202 Å². The van der Waals surface area contributed by atoms with E-state index in [0.29, 0.717) is 0 Å². The van der Waals surface area contributed by atoms with E-state index in [1.165, 1.54) is 110 Å². The van der Waals surface area contributed by atoms with Gasteiger partial charge in [0.15, 0.2) is 0 Å². The predicted molar refractivity (Wildman–Crippen MR) is 260 cm³/mol.